The quantitative estimate of drug-likeness (QED) is 0.942. The van der Waals surface area contributed by atoms with Gasteiger partial charge in [-0.05, 0) is 19.1 Å². The van der Waals surface area contributed by atoms with Crippen molar-refractivity contribution in [2.45, 2.75) is 6.92 Å². The van der Waals surface area contributed by atoms with E-state index >= 15 is 0 Å². The number of rotatable bonds is 4. The Morgan fingerprint density at radius 1 is 1.40 bits per heavy atom. The third-order valence-corrected chi connectivity index (χ3v) is 2.54. The lowest BCUT2D eigenvalue weighted by molar-refractivity contribution is 0.102. The fourth-order valence-corrected chi connectivity index (χ4v) is 1.57. The predicted octanol–water partition coefficient (Wildman–Crippen LogP) is 2.92. The van der Waals surface area contributed by atoms with Crippen molar-refractivity contribution >= 4 is 23.2 Å². The van der Waals surface area contributed by atoms with E-state index < -0.39 is 11.7 Å². The highest BCUT2D eigenvalue weighted by Gasteiger charge is 2.10. The van der Waals surface area contributed by atoms with Gasteiger partial charge in [-0.3, -0.25) is 4.79 Å². The second-order valence-corrected chi connectivity index (χ2v) is 4.14. The lowest BCUT2D eigenvalue weighted by Crippen LogP contribution is -2.14. The minimum Gasteiger partial charge on any atom is -0.491 e. The summed E-state index contributed by atoms with van der Waals surface area (Å²) >= 11 is 5.58. The third kappa shape index (κ3) is 3.42. The molecule has 0 aliphatic heterocycles. The average Bonchev–Trinajstić information content (AvgIpc) is 2.42. The van der Waals surface area contributed by atoms with Crippen molar-refractivity contribution in [3.05, 3.63) is 47.3 Å². The fourth-order valence-electron chi connectivity index (χ4n) is 1.48. The fraction of sp³-hybridized carbons (Fsp3) is 0.154. The van der Waals surface area contributed by atoms with Gasteiger partial charge in [0.25, 0.3) is 5.91 Å². The maximum absolute atomic E-state index is 13.6. The molecule has 2 rings (SSSR count). The first-order valence-electron chi connectivity index (χ1n) is 5.81. The molecule has 0 atom stereocenters. The molecule has 0 aliphatic rings. The Balaban J connectivity index is 2.11. The van der Waals surface area contributed by atoms with Crippen LogP contribution >= 0.6 is 11.6 Å². The Morgan fingerprint density at radius 2 is 2.20 bits per heavy atom. The SMILES string of the molecule is CCOc1ccc(NC(=O)c2cnc(Cl)cn2)cc1F. The van der Waals surface area contributed by atoms with Gasteiger partial charge in [-0.2, -0.15) is 0 Å². The summed E-state index contributed by atoms with van der Waals surface area (Å²) in [5.74, 6) is -0.915. The molecule has 7 heteroatoms. The topological polar surface area (TPSA) is 64.1 Å². The number of hydrogen-bond donors (Lipinski definition) is 1. The zero-order chi connectivity index (χ0) is 14.5. The Labute approximate surface area is 119 Å². The van der Waals surface area contributed by atoms with Gasteiger partial charge in [-0.25, -0.2) is 14.4 Å². The smallest absolute Gasteiger partial charge is 0.275 e. The van der Waals surface area contributed by atoms with E-state index in [9.17, 15) is 9.18 Å². The molecule has 0 spiro atoms. The molecule has 20 heavy (non-hydrogen) atoms. The summed E-state index contributed by atoms with van der Waals surface area (Å²) in [5, 5.41) is 2.70. The van der Waals surface area contributed by atoms with Crippen LogP contribution in [0.2, 0.25) is 5.15 Å². The number of ether oxygens (including phenoxy) is 1. The first kappa shape index (κ1) is 14.2. The van der Waals surface area contributed by atoms with Crippen LogP contribution in [0.1, 0.15) is 17.4 Å². The van der Waals surface area contributed by atoms with E-state index in [2.05, 4.69) is 15.3 Å². The number of halogens is 2. The third-order valence-electron chi connectivity index (χ3n) is 2.34. The molecule has 104 valence electrons. The summed E-state index contributed by atoms with van der Waals surface area (Å²) in [6.07, 6.45) is 2.50. The number of anilines is 1. The second kappa shape index (κ2) is 6.29. The van der Waals surface area contributed by atoms with Crippen molar-refractivity contribution in [3.63, 3.8) is 0 Å². The highest BCUT2D eigenvalue weighted by Crippen LogP contribution is 2.21. The molecule has 0 unspecified atom stereocenters. The lowest BCUT2D eigenvalue weighted by Gasteiger charge is -2.08. The van der Waals surface area contributed by atoms with Crippen molar-refractivity contribution < 1.29 is 13.9 Å². The van der Waals surface area contributed by atoms with Crippen LogP contribution in [0.25, 0.3) is 0 Å². The van der Waals surface area contributed by atoms with E-state index in [-0.39, 0.29) is 16.6 Å². The minimum absolute atomic E-state index is 0.0868. The van der Waals surface area contributed by atoms with Crippen molar-refractivity contribution in [3.8, 4) is 5.75 Å². The molecule has 1 amide bonds. The summed E-state index contributed by atoms with van der Waals surface area (Å²) in [6.45, 7) is 2.12. The van der Waals surface area contributed by atoms with Crippen LogP contribution in [0, 0.1) is 5.82 Å². The van der Waals surface area contributed by atoms with Crippen molar-refractivity contribution in [2.24, 2.45) is 0 Å². The molecular formula is C13H11ClFN3O2. The normalized spacial score (nSPS) is 10.2. The Bertz CT molecular complexity index is 620. The predicted molar refractivity (Wildman–Crippen MR) is 72.6 cm³/mol. The van der Waals surface area contributed by atoms with Gasteiger partial charge in [-0.1, -0.05) is 11.6 Å². The van der Waals surface area contributed by atoms with Crippen LogP contribution in [-0.2, 0) is 0 Å². The van der Waals surface area contributed by atoms with Gasteiger partial charge in [0, 0.05) is 11.8 Å². The number of carbonyl (C=O) groups excluding carboxylic acids is 1. The zero-order valence-corrected chi connectivity index (χ0v) is 11.3. The van der Waals surface area contributed by atoms with Crippen molar-refractivity contribution in [1.29, 1.82) is 0 Å². The number of amides is 1. The minimum atomic E-state index is -0.549. The van der Waals surface area contributed by atoms with Gasteiger partial charge in [-0.15, -0.1) is 0 Å². The van der Waals surface area contributed by atoms with Gasteiger partial charge in [0.15, 0.2) is 11.6 Å². The maximum atomic E-state index is 13.6. The Morgan fingerprint density at radius 3 is 2.80 bits per heavy atom. The average molecular weight is 296 g/mol. The molecule has 1 N–H and O–H groups in total. The monoisotopic (exact) mass is 295 g/mol. The van der Waals surface area contributed by atoms with Gasteiger partial charge < -0.3 is 10.1 Å². The molecule has 1 heterocycles. The van der Waals surface area contributed by atoms with E-state index in [0.717, 1.165) is 0 Å². The van der Waals surface area contributed by atoms with Crippen LogP contribution in [0.5, 0.6) is 5.75 Å². The van der Waals surface area contributed by atoms with Crippen molar-refractivity contribution in [1.82, 2.24) is 9.97 Å². The molecule has 1 aromatic heterocycles. The maximum Gasteiger partial charge on any atom is 0.275 e. The van der Waals surface area contributed by atoms with E-state index in [1.165, 1.54) is 30.6 Å². The van der Waals surface area contributed by atoms with E-state index in [0.29, 0.717) is 12.3 Å². The van der Waals surface area contributed by atoms with Gasteiger partial charge in [0.2, 0.25) is 0 Å². The van der Waals surface area contributed by atoms with E-state index in [4.69, 9.17) is 16.3 Å². The standard InChI is InChI=1S/C13H11ClFN3O2/c1-2-20-11-4-3-8(5-9(11)15)18-13(19)10-6-17-12(14)7-16-10/h3-7H,2H2,1H3,(H,18,19). The summed E-state index contributed by atoms with van der Waals surface area (Å²) in [6, 6.07) is 4.16. The largest absolute Gasteiger partial charge is 0.491 e. The van der Waals surface area contributed by atoms with Gasteiger partial charge in [0.05, 0.1) is 19.0 Å². The van der Waals surface area contributed by atoms with E-state index in [1.807, 2.05) is 0 Å². The summed E-state index contributed by atoms with van der Waals surface area (Å²) in [5.41, 5.74) is 0.386. The molecule has 0 bridgehead atoms. The van der Waals surface area contributed by atoms with Crippen LogP contribution in [-0.4, -0.2) is 22.5 Å². The summed E-state index contributed by atoms with van der Waals surface area (Å²) < 4.78 is 18.7. The number of nitrogens with zero attached hydrogens (tertiary/aromatic N) is 2. The van der Waals surface area contributed by atoms with Gasteiger partial charge >= 0.3 is 0 Å². The zero-order valence-electron chi connectivity index (χ0n) is 10.6. The van der Waals surface area contributed by atoms with E-state index in [1.54, 1.807) is 6.92 Å². The second-order valence-electron chi connectivity index (χ2n) is 3.76. The molecule has 0 radical (unpaired) electrons. The lowest BCUT2D eigenvalue weighted by atomic mass is 10.2. The number of nitrogens with one attached hydrogen (secondary N) is 1. The molecule has 0 saturated heterocycles. The van der Waals surface area contributed by atoms with Gasteiger partial charge in [0.1, 0.15) is 10.8 Å². The molecule has 2 aromatic rings. The first-order valence-corrected chi connectivity index (χ1v) is 6.19. The summed E-state index contributed by atoms with van der Waals surface area (Å²) in [4.78, 5) is 19.4. The first-order chi connectivity index (χ1) is 9.60. The van der Waals surface area contributed by atoms with Crippen LogP contribution < -0.4 is 10.1 Å². The highest BCUT2D eigenvalue weighted by atomic mass is 35.5. The molecule has 0 aliphatic carbocycles. The van der Waals surface area contributed by atoms with Crippen LogP contribution in [0.15, 0.2) is 30.6 Å². The Hall–Kier alpha value is -2.21. The number of benzene rings is 1. The molecule has 1 aromatic carbocycles. The summed E-state index contributed by atoms with van der Waals surface area (Å²) in [7, 11) is 0. The molecular weight excluding hydrogens is 285 g/mol. The number of carbonyl (C=O) groups is 1. The van der Waals surface area contributed by atoms with Crippen molar-refractivity contribution in [2.75, 3.05) is 11.9 Å². The Kier molecular flexibility index (Phi) is 4.47. The highest BCUT2D eigenvalue weighted by molar-refractivity contribution is 6.29. The number of hydrogen-bond acceptors (Lipinski definition) is 4. The molecule has 5 nitrogen and oxygen atoms in total. The van der Waals surface area contributed by atoms with Crippen LogP contribution in [0.4, 0.5) is 10.1 Å². The number of aromatic nitrogens is 2. The molecule has 0 saturated carbocycles. The molecule has 0 fully saturated rings. The van der Waals surface area contributed by atoms with Crippen LogP contribution in [0.3, 0.4) is 0 Å².